The fraction of sp³-hybridized carbons (Fsp3) is 0.125. The van der Waals surface area contributed by atoms with Crippen molar-refractivity contribution in [2.24, 2.45) is 4.99 Å². The monoisotopic (exact) mass is 227 g/mol. The quantitative estimate of drug-likeness (QED) is 0.592. The molecule has 0 unspecified atom stereocenters. The van der Waals surface area contributed by atoms with Gasteiger partial charge in [0.15, 0.2) is 5.75 Å². The minimum Gasteiger partial charge on any atom is -0.505 e. The number of aliphatic imine (C=N–C) groups is 1. The lowest BCUT2D eigenvalue weighted by Gasteiger charge is -2.00. The highest BCUT2D eigenvalue weighted by Gasteiger charge is 2.04. The lowest BCUT2D eigenvalue weighted by molar-refractivity contribution is 0.473. The standard InChI is InChI=1S/C8H6BrNO2/c1-5-2-6(9)8(12)7(3-5)10-4-11/h2-3,12H,1H3. The first-order valence-corrected chi connectivity index (χ1v) is 4.01. The highest BCUT2D eigenvalue weighted by molar-refractivity contribution is 9.10. The number of carbonyl (C=O) groups excluding carboxylic acids is 1. The van der Waals surface area contributed by atoms with E-state index in [9.17, 15) is 9.90 Å². The number of hydrogen-bond acceptors (Lipinski definition) is 3. The third kappa shape index (κ3) is 1.72. The summed E-state index contributed by atoms with van der Waals surface area (Å²) in [5.41, 5.74) is 1.14. The molecule has 1 aromatic rings. The molecule has 0 fully saturated rings. The van der Waals surface area contributed by atoms with Crippen LogP contribution in [0.25, 0.3) is 0 Å². The van der Waals surface area contributed by atoms with Crippen LogP contribution in [0.1, 0.15) is 5.56 Å². The zero-order chi connectivity index (χ0) is 9.14. The number of aromatic hydroxyl groups is 1. The van der Waals surface area contributed by atoms with Crippen LogP contribution in [0.2, 0.25) is 0 Å². The third-order valence-corrected chi connectivity index (χ3v) is 1.96. The highest BCUT2D eigenvalue weighted by Crippen LogP contribution is 2.34. The molecule has 12 heavy (non-hydrogen) atoms. The van der Waals surface area contributed by atoms with Crippen molar-refractivity contribution in [3.8, 4) is 5.75 Å². The molecule has 0 aromatic heterocycles. The Morgan fingerprint density at radius 1 is 1.58 bits per heavy atom. The number of aryl methyl sites for hydroxylation is 1. The summed E-state index contributed by atoms with van der Waals surface area (Å²) in [6.45, 7) is 1.84. The maximum absolute atomic E-state index is 9.93. The molecule has 3 nitrogen and oxygen atoms in total. The highest BCUT2D eigenvalue weighted by atomic mass is 79.9. The SMILES string of the molecule is Cc1cc(Br)c(O)c(N=C=O)c1. The van der Waals surface area contributed by atoms with Crippen molar-refractivity contribution < 1.29 is 9.90 Å². The average Bonchev–Trinajstić information content (AvgIpc) is 2.00. The minimum atomic E-state index is -0.0380. The van der Waals surface area contributed by atoms with Crippen molar-refractivity contribution in [3.05, 3.63) is 22.2 Å². The van der Waals surface area contributed by atoms with Gasteiger partial charge in [-0.05, 0) is 40.5 Å². The second kappa shape index (κ2) is 3.52. The van der Waals surface area contributed by atoms with Gasteiger partial charge in [0.1, 0.15) is 5.69 Å². The van der Waals surface area contributed by atoms with Gasteiger partial charge >= 0.3 is 0 Å². The van der Waals surface area contributed by atoms with E-state index in [1.807, 2.05) is 6.92 Å². The van der Waals surface area contributed by atoms with Gasteiger partial charge in [-0.1, -0.05) is 0 Å². The molecule has 0 atom stereocenters. The number of phenols is 1. The predicted octanol–water partition coefficient (Wildman–Crippen LogP) is 2.43. The van der Waals surface area contributed by atoms with Crippen LogP contribution in [0.4, 0.5) is 5.69 Å². The summed E-state index contributed by atoms with van der Waals surface area (Å²) < 4.78 is 0.525. The Morgan fingerprint density at radius 3 is 2.83 bits per heavy atom. The smallest absolute Gasteiger partial charge is 0.240 e. The van der Waals surface area contributed by atoms with E-state index in [1.165, 1.54) is 6.08 Å². The van der Waals surface area contributed by atoms with Gasteiger partial charge in [-0.2, -0.15) is 4.99 Å². The number of isocyanates is 1. The Hall–Kier alpha value is -1.12. The first-order valence-electron chi connectivity index (χ1n) is 3.22. The van der Waals surface area contributed by atoms with Gasteiger partial charge in [0.2, 0.25) is 6.08 Å². The molecule has 0 aliphatic carbocycles. The third-order valence-electron chi connectivity index (χ3n) is 1.35. The maximum atomic E-state index is 9.93. The number of benzene rings is 1. The fourth-order valence-corrected chi connectivity index (χ4v) is 1.41. The molecule has 0 spiro atoms. The molecule has 0 saturated heterocycles. The van der Waals surface area contributed by atoms with Gasteiger partial charge in [0, 0.05) is 0 Å². The van der Waals surface area contributed by atoms with Crippen LogP contribution < -0.4 is 0 Å². The molecule has 0 radical (unpaired) electrons. The Bertz CT molecular complexity index is 356. The van der Waals surface area contributed by atoms with E-state index in [0.29, 0.717) is 4.47 Å². The molecule has 1 N–H and O–H groups in total. The van der Waals surface area contributed by atoms with Crippen molar-refractivity contribution in [1.82, 2.24) is 0 Å². The zero-order valence-electron chi connectivity index (χ0n) is 6.34. The summed E-state index contributed by atoms with van der Waals surface area (Å²) in [6, 6.07) is 3.34. The van der Waals surface area contributed by atoms with Gasteiger partial charge in [-0.25, -0.2) is 4.79 Å². The lowest BCUT2D eigenvalue weighted by atomic mass is 10.2. The summed E-state index contributed by atoms with van der Waals surface area (Å²) >= 11 is 3.13. The second-order valence-corrected chi connectivity index (χ2v) is 3.17. The number of phenolic OH excluding ortho intramolecular Hbond substituents is 1. The lowest BCUT2D eigenvalue weighted by Crippen LogP contribution is -1.75. The Labute approximate surface area is 77.9 Å². The number of nitrogens with zero attached hydrogens (tertiary/aromatic N) is 1. The second-order valence-electron chi connectivity index (χ2n) is 2.32. The molecule has 4 heteroatoms. The van der Waals surface area contributed by atoms with Crippen LogP contribution in [0.5, 0.6) is 5.75 Å². The van der Waals surface area contributed by atoms with E-state index >= 15 is 0 Å². The van der Waals surface area contributed by atoms with E-state index in [1.54, 1.807) is 12.1 Å². The summed E-state index contributed by atoms with van der Waals surface area (Å²) in [5.74, 6) is -0.0380. The van der Waals surface area contributed by atoms with Crippen molar-refractivity contribution >= 4 is 27.7 Å². The van der Waals surface area contributed by atoms with Crippen LogP contribution >= 0.6 is 15.9 Å². The number of hydrogen-bond donors (Lipinski definition) is 1. The van der Waals surface area contributed by atoms with Crippen LogP contribution in [0.3, 0.4) is 0 Å². The molecule has 1 rings (SSSR count). The largest absolute Gasteiger partial charge is 0.505 e. The first kappa shape index (κ1) is 8.97. The molecule has 1 aromatic carbocycles. The van der Waals surface area contributed by atoms with E-state index < -0.39 is 0 Å². The molecule has 0 amide bonds. The van der Waals surface area contributed by atoms with E-state index in [0.717, 1.165) is 5.56 Å². The van der Waals surface area contributed by atoms with E-state index in [4.69, 9.17) is 0 Å². The normalized spacial score (nSPS) is 9.17. The number of halogens is 1. The average molecular weight is 228 g/mol. The van der Waals surface area contributed by atoms with Gasteiger partial charge in [-0.15, -0.1) is 0 Å². The van der Waals surface area contributed by atoms with Crippen LogP contribution in [0.15, 0.2) is 21.6 Å². The Balaban J connectivity index is 3.36. The van der Waals surface area contributed by atoms with E-state index in [-0.39, 0.29) is 11.4 Å². The first-order chi connectivity index (χ1) is 5.65. The number of rotatable bonds is 1. The van der Waals surface area contributed by atoms with E-state index in [2.05, 4.69) is 20.9 Å². The minimum absolute atomic E-state index is 0.0380. The molecule has 0 heterocycles. The van der Waals surface area contributed by atoms with Crippen molar-refractivity contribution in [3.63, 3.8) is 0 Å². The maximum Gasteiger partial charge on any atom is 0.240 e. The predicted molar refractivity (Wildman–Crippen MR) is 48.3 cm³/mol. The summed E-state index contributed by atoms with van der Waals surface area (Å²) in [6.07, 6.45) is 1.37. The zero-order valence-corrected chi connectivity index (χ0v) is 7.92. The molecule has 62 valence electrons. The van der Waals surface area contributed by atoms with Gasteiger partial charge in [0.25, 0.3) is 0 Å². The summed E-state index contributed by atoms with van der Waals surface area (Å²) in [5, 5.41) is 9.33. The summed E-state index contributed by atoms with van der Waals surface area (Å²) in [7, 11) is 0. The Kier molecular flexibility index (Phi) is 2.63. The van der Waals surface area contributed by atoms with Crippen molar-refractivity contribution in [2.45, 2.75) is 6.92 Å². The van der Waals surface area contributed by atoms with Crippen molar-refractivity contribution in [2.75, 3.05) is 0 Å². The van der Waals surface area contributed by atoms with Crippen LogP contribution in [-0.4, -0.2) is 11.2 Å². The van der Waals surface area contributed by atoms with Gasteiger partial charge in [0.05, 0.1) is 4.47 Å². The molecular formula is C8H6BrNO2. The Morgan fingerprint density at radius 2 is 2.25 bits per heavy atom. The van der Waals surface area contributed by atoms with Gasteiger partial charge < -0.3 is 5.11 Å². The van der Waals surface area contributed by atoms with Crippen LogP contribution in [0, 0.1) is 6.92 Å². The molecule has 0 saturated carbocycles. The van der Waals surface area contributed by atoms with Gasteiger partial charge in [-0.3, -0.25) is 0 Å². The fourth-order valence-electron chi connectivity index (χ4n) is 0.851. The summed E-state index contributed by atoms with van der Waals surface area (Å²) in [4.78, 5) is 13.3. The molecule has 0 bridgehead atoms. The molecule has 0 aliphatic rings. The molecular weight excluding hydrogens is 222 g/mol. The topological polar surface area (TPSA) is 49.7 Å². The molecule has 0 aliphatic heterocycles. The van der Waals surface area contributed by atoms with Crippen molar-refractivity contribution in [1.29, 1.82) is 0 Å². The van der Waals surface area contributed by atoms with Crippen LogP contribution in [-0.2, 0) is 4.79 Å².